The van der Waals surface area contributed by atoms with Crippen molar-refractivity contribution in [3.63, 3.8) is 0 Å². The molecule has 0 aliphatic carbocycles. The van der Waals surface area contributed by atoms with Crippen LogP contribution >= 0.6 is 0 Å². The first kappa shape index (κ1) is 23.8. The Balaban J connectivity index is 1.44. The standard InChI is InChI=1S/C23H23FN6O5/c1-2-34-19-4-3-6-26-22(19)35-16-8-14(9-25-12-16)20-27-10-15(11-28-20)21(31)29-18-13-30(23(32)33)7-5-17(18)24/h3-4,6,8-12,17-18H,2,5,7,13H2,1H3,(H,29,31)(H,32,33)/t17?,18-/m1/s1. The molecule has 11 nitrogen and oxygen atoms in total. The van der Waals surface area contributed by atoms with Crippen LogP contribution < -0.4 is 14.8 Å². The summed E-state index contributed by atoms with van der Waals surface area (Å²) in [5.74, 6) is 0.874. The summed E-state index contributed by atoms with van der Waals surface area (Å²) in [6, 6.07) is 4.21. The molecule has 1 fully saturated rings. The number of piperidine rings is 1. The molecule has 3 aromatic heterocycles. The zero-order valence-corrected chi connectivity index (χ0v) is 18.8. The first-order valence-electron chi connectivity index (χ1n) is 10.9. The third kappa shape index (κ3) is 5.78. The number of ether oxygens (including phenoxy) is 2. The molecule has 0 radical (unpaired) electrons. The number of nitrogens with one attached hydrogen (secondary N) is 1. The van der Waals surface area contributed by atoms with Crippen LogP contribution in [0.3, 0.4) is 0 Å². The molecular formula is C23H23FN6O5. The smallest absolute Gasteiger partial charge is 0.407 e. The van der Waals surface area contributed by atoms with Gasteiger partial charge < -0.3 is 24.8 Å². The molecule has 1 saturated heterocycles. The Hall–Kier alpha value is -4.35. The molecule has 182 valence electrons. The summed E-state index contributed by atoms with van der Waals surface area (Å²) < 4.78 is 25.5. The number of carboxylic acid groups (broad SMARTS) is 1. The molecular weight excluding hydrogens is 459 g/mol. The second-order valence-corrected chi connectivity index (χ2v) is 7.66. The molecule has 1 aliphatic heterocycles. The highest BCUT2D eigenvalue weighted by molar-refractivity contribution is 5.94. The van der Waals surface area contributed by atoms with Gasteiger partial charge in [0.2, 0.25) is 0 Å². The number of carbonyl (C=O) groups is 2. The Kier molecular flexibility index (Phi) is 7.29. The van der Waals surface area contributed by atoms with E-state index in [1.54, 1.807) is 30.6 Å². The van der Waals surface area contributed by atoms with Crippen LogP contribution in [0, 0.1) is 0 Å². The predicted molar refractivity (Wildman–Crippen MR) is 121 cm³/mol. The minimum Gasteiger partial charge on any atom is -0.488 e. The number of likely N-dealkylation sites (tertiary alicyclic amines) is 1. The lowest BCUT2D eigenvalue weighted by Gasteiger charge is -2.33. The fourth-order valence-electron chi connectivity index (χ4n) is 3.51. The molecule has 35 heavy (non-hydrogen) atoms. The summed E-state index contributed by atoms with van der Waals surface area (Å²) in [6.07, 6.45) is 4.77. The zero-order valence-electron chi connectivity index (χ0n) is 18.8. The van der Waals surface area contributed by atoms with Crippen LogP contribution in [0.15, 0.2) is 49.2 Å². The lowest BCUT2D eigenvalue weighted by molar-refractivity contribution is 0.0752. The van der Waals surface area contributed by atoms with Crippen LogP contribution in [0.4, 0.5) is 9.18 Å². The number of halogens is 1. The van der Waals surface area contributed by atoms with Gasteiger partial charge in [0.05, 0.1) is 24.4 Å². The van der Waals surface area contributed by atoms with Gasteiger partial charge in [-0.3, -0.25) is 9.78 Å². The minimum absolute atomic E-state index is 0.0165. The van der Waals surface area contributed by atoms with Gasteiger partial charge in [-0.25, -0.2) is 24.1 Å². The average Bonchev–Trinajstić information content (AvgIpc) is 2.87. The van der Waals surface area contributed by atoms with E-state index in [9.17, 15) is 14.0 Å². The van der Waals surface area contributed by atoms with Crippen molar-refractivity contribution < 1.29 is 28.6 Å². The molecule has 2 N–H and O–H groups in total. The predicted octanol–water partition coefficient (Wildman–Crippen LogP) is 2.94. The number of rotatable bonds is 7. The van der Waals surface area contributed by atoms with Crippen LogP contribution in [-0.4, -0.2) is 73.9 Å². The second-order valence-electron chi connectivity index (χ2n) is 7.66. The molecule has 0 saturated carbocycles. The Morgan fingerprint density at radius 1 is 1.23 bits per heavy atom. The summed E-state index contributed by atoms with van der Waals surface area (Å²) in [6.45, 7) is 2.28. The first-order chi connectivity index (χ1) is 16.9. The number of hydrogen-bond donors (Lipinski definition) is 2. The van der Waals surface area contributed by atoms with Gasteiger partial charge in [0.15, 0.2) is 11.6 Å². The third-order valence-electron chi connectivity index (χ3n) is 5.25. The van der Waals surface area contributed by atoms with Gasteiger partial charge in [-0.15, -0.1) is 0 Å². The van der Waals surface area contributed by atoms with Crippen molar-refractivity contribution >= 4 is 12.0 Å². The first-order valence-corrected chi connectivity index (χ1v) is 10.9. The van der Waals surface area contributed by atoms with Crippen LogP contribution in [0.1, 0.15) is 23.7 Å². The van der Waals surface area contributed by atoms with Crippen molar-refractivity contribution in [2.24, 2.45) is 0 Å². The van der Waals surface area contributed by atoms with Crippen molar-refractivity contribution in [2.75, 3.05) is 19.7 Å². The number of aromatic nitrogens is 4. The van der Waals surface area contributed by atoms with Gasteiger partial charge in [-0.1, -0.05) is 0 Å². The van der Waals surface area contributed by atoms with E-state index in [0.29, 0.717) is 29.5 Å². The summed E-state index contributed by atoms with van der Waals surface area (Å²) in [5, 5.41) is 11.6. The molecule has 0 bridgehead atoms. The Morgan fingerprint density at radius 2 is 2.03 bits per heavy atom. The average molecular weight is 482 g/mol. The van der Waals surface area contributed by atoms with Crippen molar-refractivity contribution in [3.05, 3.63) is 54.7 Å². The van der Waals surface area contributed by atoms with E-state index >= 15 is 0 Å². The fraction of sp³-hybridized carbons (Fsp3) is 0.304. The van der Waals surface area contributed by atoms with E-state index in [2.05, 4.69) is 25.3 Å². The molecule has 2 atom stereocenters. The molecule has 1 aliphatic rings. The van der Waals surface area contributed by atoms with Crippen LogP contribution in [-0.2, 0) is 0 Å². The summed E-state index contributed by atoms with van der Waals surface area (Å²) >= 11 is 0. The Bertz CT molecular complexity index is 1200. The number of carbonyl (C=O) groups excluding carboxylic acids is 1. The molecule has 0 spiro atoms. The monoisotopic (exact) mass is 482 g/mol. The molecule has 12 heteroatoms. The number of alkyl halides is 1. The highest BCUT2D eigenvalue weighted by atomic mass is 19.1. The normalized spacial score (nSPS) is 17.5. The lowest BCUT2D eigenvalue weighted by Crippen LogP contribution is -2.54. The summed E-state index contributed by atoms with van der Waals surface area (Å²) in [7, 11) is 0. The summed E-state index contributed by atoms with van der Waals surface area (Å²) in [4.78, 5) is 41.5. The molecule has 4 heterocycles. The molecule has 1 unspecified atom stereocenters. The highest BCUT2D eigenvalue weighted by Gasteiger charge is 2.32. The van der Waals surface area contributed by atoms with Crippen LogP contribution in [0.5, 0.6) is 17.4 Å². The summed E-state index contributed by atoms with van der Waals surface area (Å²) in [5.41, 5.74) is 0.653. The van der Waals surface area contributed by atoms with Crippen molar-refractivity contribution in [1.82, 2.24) is 30.2 Å². The molecule has 4 rings (SSSR count). The zero-order chi connectivity index (χ0) is 24.8. The van der Waals surface area contributed by atoms with E-state index in [0.717, 1.165) is 4.90 Å². The molecule has 3 aromatic rings. The Labute approximate surface area is 200 Å². The van der Waals surface area contributed by atoms with E-state index in [-0.39, 0.29) is 31.0 Å². The number of pyridine rings is 2. The number of amides is 2. The molecule has 2 amide bonds. The Morgan fingerprint density at radius 3 is 2.77 bits per heavy atom. The van der Waals surface area contributed by atoms with Gasteiger partial charge >= 0.3 is 6.09 Å². The minimum atomic E-state index is -1.34. The largest absolute Gasteiger partial charge is 0.488 e. The molecule has 0 aromatic carbocycles. The van der Waals surface area contributed by atoms with E-state index in [4.69, 9.17) is 14.6 Å². The maximum atomic E-state index is 14.2. The van der Waals surface area contributed by atoms with Crippen LogP contribution in [0.25, 0.3) is 11.4 Å². The van der Waals surface area contributed by atoms with E-state index < -0.39 is 24.2 Å². The SMILES string of the molecule is CCOc1cccnc1Oc1cncc(-c2ncc(C(=O)N[C@@H]3CN(C(=O)O)CCC3F)cn2)c1. The fourth-order valence-corrected chi connectivity index (χ4v) is 3.51. The van der Waals surface area contributed by atoms with Crippen LogP contribution in [0.2, 0.25) is 0 Å². The van der Waals surface area contributed by atoms with E-state index in [1.807, 2.05) is 6.92 Å². The maximum Gasteiger partial charge on any atom is 0.407 e. The van der Waals surface area contributed by atoms with Crippen molar-refractivity contribution in [1.29, 1.82) is 0 Å². The van der Waals surface area contributed by atoms with Gasteiger partial charge in [-0.2, -0.15) is 0 Å². The maximum absolute atomic E-state index is 14.2. The van der Waals surface area contributed by atoms with Crippen molar-refractivity contribution in [3.8, 4) is 28.8 Å². The lowest BCUT2D eigenvalue weighted by atomic mass is 10.0. The van der Waals surface area contributed by atoms with Gasteiger partial charge in [0.25, 0.3) is 11.8 Å². The highest BCUT2D eigenvalue weighted by Crippen LogP contribution is 2.30. The van der Waals surface area contributed by atoms with Gasteiger partial charge in [0.1, 0.15) is 11.9 Å². The second kappa shape index (κ2) is 10.7. The topological polar surface area (TPSA) is 140 Å². The third-order valence-corrected chi connectivity index (χ3v) is 5.25. The van der Waals surface area contributed by atoms with Crippen molar-refractivity contribution in [2.45, 2.75) is 25.6 Å². The van der Waals surface area contributed by atoms with Gasteiger partial charge in [-0.05, 0) is 31.5 Å². The number of nitrogens with zero attached hydrogens (tertiary/aromatic N) is 5. The quantitative estimate of drug-likeness (QED) is 0.520. The number of hydrogen-bond acceptors (Lipinski definition) is 8. The van der Waals surface area contributed by atoms with Gasteiger partial charge in [0, 0.05) is 43.4 Å². The van der Waals surface area contributed by atoms with E-state index in [1.165, 1.54) is 18.6 Å².